The summed E-state index contributed by atoms with van der Waals surface area (Å²) in [7, 11) is 0. The Kier molecular flexibility index (Phi) is 6.80. The Morgan fingerprint density at radius 1 is 1.29 bits per heavy atom. The van der Waals surface area contributed by atoms with Crippen LogP contribution in [0.1, 0.15) is 46.9 Å². The first-order valence-corrected chi connectivity index (χ1v) is 10.6. The van der Waals surface area contributed by atoms with Crippen molar-refractivity contribution in [3.63, 3.8) is 0 Å². The Hall–Kier alpha value is -2.25. The van der Waals surface area contributed by atoms with Gasteiger partial charge in [-0.3, -0.25) is 14.5 Å². The molecule has 2 N–H and O–H groups in total. The summed E-state index contributed by atoms with van der Waals surface area (Å²) >= 11 is 1.42. The summed E-state index contributed by atoms with van der Waals surface area (Å²) in [6.07, 6.45) is 2.53. The van der Waals surface area contributed by atoms with Gasteiger partial charge in [-0.05, 0) is 62.4 Å². The van der Waals surface area contributed by atoms with Crippen molar-refractivity contribution >= 4 is 28.3 Å². The summed E-state index contributed by atoms with van der Waals surface area (Å²) in [4.78, 5) is 31.3. The average molecular weight is 401 g/mol. The summed E-state index contributed by atoms with van der Waals surface area (Å²) < 4.78 is 0. The van der Waals surface area contributed by atoms with E-state index in [0.717, 1.165) is 42.4 Å². The van der Waals surface area contributed by atoms with E-state index in [1.807, 2.05) is 31.4 Å². The van der Waals surface area contributed by atoms with E-state index >= 15 is 0 Å². The number of nitrogens with one attached hydrogen (secondary N) is 2. The van der Waals surface area contributed by atoms with E-state index in [9.17, 15) is 9.59 Å². The van der Waals surface area contributed by atoms with Crippen molar-refractivity contribution in [1.82, 2.24) is 15.2 Å². The van der Waals surface area contributed by atoms with E-state index in [0.29, 0.717) is 10.7 Å². The van der Waals surface area contributed by atoms with Crippen molar-refractivity contribution in [3.05, 3.63) is 46.0 Å². The number of piperidine rings is 1. The molecule has 0 radical (unpaired) electrons. The quantitative estimate of drug-likeness (QED) is 0.780. The molecule has 0 spiro atoms. The molecule has 6 nitrogen and oxygen atoms in total. The second-order valence-corrected chi connectivity index (χ2v) is 8.51. The predicted molar refractivity (Wildman–Crippen MR) is 113 cm³/mol. The Morgan fingerprint density at radius 3 is 2.86 bits per heavy atom. The molecule has 1 aromatic heterocycles. The zero-order valence-corrected chi connectivity index (χ0v) is 17.6. The Labute approximate surface area is 170 Å². The van der Waals surface area contributed by atoms with Gasteiger partial charge in [0, 0.05) is 24.0 Å². The van der Waals surface area contributed by atoms with E-state index in [1.165, 1.54) is 24.2 Å². The lowest BCUT2D eigenvalue weighted by atomic mass is 10.0. The Morgan fingerprint density at radius 2 is 2.11 bits per heavy atom. The SMILES string of the molecule is Cc1ccc(C(=O)NCC(=O)Nc2nc(CN3CCC[C@H](C)C3)cs2)cc1C. The van der Waals surface area contributed by atoms with Crippen molar-refractivity contribution in [2.75, 3.05) is 25.0 Å². The summed E-state index contributed by atoms with van der Waals surface area (Å²) in [5.41, 5.74) is 3.72. The molecule has 7 heteroatoms. The third-order valence-corrected chi connectivity index (χ3v) is 5.91. The number of likely N-dealkylation sites (tertiary alicyclic amines) is 1. The first kappa shape index (κ1) is 20.5. The largest absolute Gasteiger partial charge is 0.343 e. The molecule has 1 saturated heterocycles. The molecule has 1 atom stereocenters. The molecular weight excluding hydrogens is 372 g/mol. The van der Waals surface area contributed by atoms with Crippen LogP contribution in [0.25, 0.3) is 0 Å². The van der Waals surface area contributed by atoms with Crippen LogP contribution in [0.2, 0.25) is 0 Å². The summed E-state index contributed by atoms with van der Waals surface area (Å²) in [6.45, 7) is 9.19. The fourth-order valence-corrected chi connectivity index (χ4v) is 4.12. The number of hydrogen-bond acceptors (Lipinski definition) is 5. The van der Waals surface area contributed by atoms with Crippen LogP contribution in [0.5, 0.6) is 0 Å². The maximum Gasteiger partial charge on any atom is 0.251 e. The highest BCUT2D eigenvalue weighted by atomic mass is 32.1. The van der Waals surface area contributed by atoms with Gasteiger partial charge in [0.25, 0.3) is 5.91 Å². The monoisotopic (exact) mass is 400 g/mol. The zero-order chi connectivity index (χ0) is 20.1. The molecule has 2 amide bonds. The maximum atomic E-state index is 12.2. The van der Waals surface area contributed by atoms with Gasteiger partial charge in [-0.1, -0.05) is 13.0 Å². The fourth-order valence-electron chi connectivity index (χ4n) is 3.41. The minimum atomic E-state index is -0.273. The van der Waals surface area contributed by atoms with Crippen LogP contribution >= 0.6 is 11.3 Å². The van der Waals surface area contributed by atoms with Gasteiger partial charge < -0.3 is 10.6 Å². The predicted octanol–water partition coefficient (Wildman–Crippen LogP) is 3.36. The molecule has 0 bridgehead atoms. The van der Waals surface area contributed by atoms with Crippen LogP contribution in [0.4, 0.5) is 5.13 Å². The molecule has 1 fully saturated rings. The van der Waals surface area contributed by atoms with Crippen molar-refractivity contribution in [1.29, 1.82) is 0 Å². The lowest BCUT2D eigenvalue weighted by Crippen LogP contribution is -2.34. The van der Waals surface area contributed by atoms with E-state index in [2.05, 4.69) is 27.4 Å². The van der Waals surface area contributed by atoms with E-state index in [1.54, 1.807) is 6.07 Å². The summed E-state index contributed by atoms with van der Waals surface area (Å²) in [5.74, 6) is 0.203. The molecule has 28 heavy (non-hydrogen) atoms. The third-order valence-electron chi connectivity index (χ3n) is 5.10. The second kappa shape index (κ2) is 9.30. The molecule has 2 heterocycles. The number of rotatable bonds is 6. The minimum absolute atomic E-state index is 0.0791. The number of hydrogen-bond donors (Lipinski definition) is 2. The van der Waals surface area contributed by atoms with Gasteiger partial charge in [-0.25, -0.2) is 4.98 Å². The second-order valence-electron chi connectivity index (χ2n) is 7.66. The maximum absolute atomic E-state index is 12.2. The van der Waals surface area contributed by atoms with Crippen molar-refractivity contribution in [2.45, 2.75) is 40.2 Å². The highest BCUT2D eigenvalue weighted by Gasteiger charge is 2.17. The lowest BCUT2D eigenvalue weighted by molar-refractivity contribution is -0.115. The highest BCUT2D eigenvalue weighted by Crippen LogP contribution is 2.20. The minimum Gasteiger partial charge on any atom is -0.343 e. The van der Waals surface area contributed by atoms with Gasteiger partial charge in [-0.2, -0.15) is 0 Å². The molecule has 3 rings (SSSR count). The Bertz CT molecular complexity index is 849. The molecule has 0 saturated carbocycles. The number of amides is 2. The van der Waals surface area contributed by atoms with Crippen LogP contribution in [-0.4, -0.2) is 41.3 Å². The normalized spacial score (nSPS) is 17.3. The van der Waals surface area contributed by atoms with Gasteiger partial charge in [-0.15, -0.1) is 11.3 Å². The molecule has 2 aromatic rings. The molecule has 0 aliphatic carbocycles. The number of thiazole rings is 1. The number of aromatic nitrogens is 1. The van der Waals surface area contributed by atoms with Crippen molar-refractivity contribution in [2.24, 2.45) is 5.92 Å². The third kappa shape index (κ3) is 5.62. The van der Waals surface area contributed by atoms with Crippen molar-refractivity contribution < 1.29 is 9.59 Å². The molecular formula is C21H28N4O2S. The number of aryl methyl sites for hydroxylation is 2. The smallest absolute Gasteiger partial charge is 0.251 e. The number of carbonyl (C=O) groups is 2. The van der Waals surface area contributed by atoms with Crippen LogP contribution < -0.4 is 10.6 Å². The molecule has 150 valence electrons. The standard InChI is InChI=1S/C21H28N4O2S/c1-14-5-4-8-25(11-14)12-18-13-28-21(23-18)24-19(26)10-22-20(27)17-7-6-15(2)16(3)9-17/h6-7,9,13-14H,4-5,8,10-12H2,1-3H3,(H,22,27)(H,23,24,26)/t14-/m0/s1. The molecule has 1 aliphatic rings. The van der Waals surface area contributed by atoms with E-state index in [-0.39, 0.29) is 18.4 Å². The zero-order valence-electron chi connectivity index (χ0n) is 16.7. The number of anilines is 1. The van der Waals surface area contributed by atoms with Gasteiger partial charge in [0.1, 0.15) is 0 Å². The average Bonchev–Trinajstić information content (AvgIpc) is 3.08. The lowest BCUT2D eigenvalue weighted by Gasteiger charge is -2.30. The van der Waals surface area contributed by atoms with Gasteiger partial charge >= 0.3 is 0 Å². The van der Waals surface area contributed by atoms with Crippen molar-refractivity contribution in [3.8, 4) is 0 Å². The number of nitrogens with zero attached hydrogens (tertiary/aromatic N) is 2. The highest BCUT2D eigenvalue weighted by molar-refractivity contribution is 7.13. The summed E-state index contributed by atoms with van der Waals surface area (Å²) in [5, 5.41) is 7.99. The molecule has 1 aliphatic heterocycles. The van der Waals surface area contributed by atoms with E-state index in [4.69, 9.17) is 0 Å². The van der Waals surface area contributed by atoms with Crippen LogP contribution in [0.3, 0.4) is 0 Å². The fraction of sp³-hybridized carbons (Fsp3) is 0.476. The molecule has 0 unspecified atom stereocenters. The number of carbonyl (C=O) groups excluding carboxylic acids is 2. The van der Waals surface area contributed by atoms with Crippen LogP contribution in [-0.2, 0) is 11.3 Å². The van der Waals surface area contributed by atoms with Gasteiger partial charge in [0.15, 0.2) is 5.13 Å². The van der Waals surface area contributed by atoms with Crippen LogP contribution in [0, 0.1) is 19.8 Å². The molecule has 1 aromatic carbocycles. The Balaban J connectivity index is 1.46. The van der Waals surface area contributed by atoms with Gasteiger partial charge in [0.05, 0.1) is 12.2 Å². The van der Waals surface area contributed by atoms with Crippen LogP contribution in [0.15, 0.2) is 23.6 Å². The summed E-state index contributed by atoms with van der Waals surface area (Å²) in [6, 6.07) is 5.51. The number of benzene rings is 1. The topological polar surface area (TPSA) is 74.3 Å². The first-order valence-electron chi connectivity index (χ1n) is 9.73. The first-order chi connectivity index (χ1) is 13.4. The van der Waals surface area contributed by atoms with E-state index < -0.39 is 0 Å². The van der Waals surface area contributed by atoms with Gasteiger partial charge in [0.2, 0.25) is 5.91 Å².